The van der Waals surface area contributed by atoms with E-state index in [-0.39, 0.29) is 18.2 Å². The Morgan fingerprint density at radius 1 is 1.20 bits per heavy atom. The summed E-state index contributed by atoms with van der Waals surface area (Å²) in [6.45, 7) is 3.77. The third-order valence-electron chi connectivity index (χ3n) is 3.48. The van der Waals surface area contributed by atoms with Crippen LogP contribution in [0, 0.1) is 12.7 Å². The van der Waals surface area contributed by atoms with Crippen LogP contribution in [0.1, 0.15) is 30.4 Å². The number of hydrogen-bond acceptors (Lipinski definition) is 1. The molecular formula is C17H17FO2. The normalized spacial score (nSPS) is 12.2. The first-order chi connectivity index (χ1) is 9.49. The summed E-state index contributed by atoms with van der Waals surface area (Å²) in [4.78, 5) is 10.8. The summed E-state index contributed by atoms with van der Waals surface area (Å²) < 4.78 is 14.0. The standard InChI is InChI=1S/C17H17FO2/c1-11-5-3-4-6-14(11)15-10-13(7-8-16(15)18)12(2)9-17(19)20/h3-8,10,12H,9H2,1-2H3,(H,19,20). The van der Waals surface area contributed by atoms with Crippen LogP contribution in [0.15, 0.2) is 42.5 Å². The van der Waals surface area contributed by atoms with E-state index in [2.05, 4.69) is 0 Å². The lowest BCUT2D eigenvalue weighted by Crippen LogP contribution is -2.03. The van der Waals surface area contributed by atoms with Crippen molar-refractivity contribution in [2.24, 2.45) is 0 Å². The maximum absolute atomic E-state index is 14.0. The molecule has 0 heterocycles. The molecule has 0 spiro atoms. The van der Waals surface area contributed by atoms with E-state index in [0.29, 0.717) is 5.56 Å². The summed E-state index contributed by atoms with van der Waals surface area (Å²) in [5.41, 5.74) is 3.20. The van der Waals surface area contributed by atoms with Gasteiger partial charge in [0, 0.05) is 5.56 Å². The van der Waals surface area contributed by atoms with Crippen molar-refractivity contribution in [1.29, 1.82) is 0 Å². The van der Waals surface area contributed by atoms with Gasteiger partial charge in [-0.1, -0.05) is 37.3 Å². The molecule has 0 amide bonds. The molecule has 104 valence electrons. The van der Waals surface area contributed by atoms with Crippen LogP contribution in [0.25, 0.3) is 11.1 Å². The zero-order valence-electron chi connectivity index (χ0n) is 11.6. The number of hydrogen-bond donors (Lipinski definition) is 1. The van der Waals surface area contributed by atoms with Crippen molar-refractivity contribution >= 4 is 5.97 Å². The molecule has 0 saturated carbocycles. The average molecular weight is 272 g/mol. The Labute approximate surface area is 117 Å². The van der Waals surface area contributed by atoms with Crippen LogP contribution < -0.4 is 0 Å². The van der Waals surface area contributed by atoms with Gasteiger partial charge < -0.3 is 5.11 Å². The van der Waals surface area contributed by atoms with Gasteiger partial charge in [-0.05, 0) is 41.7 Å². The number of aryl methyl sites for hydroxylation is 1. The first-order valence-corrected chi connectivity index (χ1v) is 6.56. The van der Waals surface area contributed by atoms with E-state index >= 15 is 0 Å². The fourth-order valence-electron chi connectivity index (χ4n) is 2.31. The Hall–Kier alpha value is -2.16. The zero-order valence-corrected chi connectivity index (χ0v) is 11.6. The summed E-state index contributed by atoms with van der Waals surface area (Å²) in [5, 5.41) is 8.86. The number of benzene rings is 2. The van der Waals surface area contributed by atoms with Gasteiger partial charge in [-0.15, -0.1) is 0 Å². The van der Waals surface area contributed by atoms with Gasteiger partial charge in [-0.3, -0.25) is 4.79 Å². The highest BCUT2D eigenvalue weighted by Gasteiger charge is 2.14. The van der Waals surface area contributed by atoms with Gasteiger partial charge in [0.05, 0.1) is 6.42 Å². The molecule has 2 aromatic rings. The predicted octanol–water partition coefficient (Wildman–Crippen LogP) is 4.38. The molecule has 2 nitrogen and oxygen atoms in total. The fourth-order valence-corrected chi connectivity index (χ4v) is 2.31. The molecule has 2 rings (SSSR count). The Balaban J connectivity index is 2.44. The summed E-state index contributed by atoms with van der Waals surface area (Å²) in [6, 6.07) is 12.4. The minimum Gasteiger partial charge on any atom is -0.481 e. The maximum Gasteiger partial charge on any atom is 0.303 e. The molecule has 0 aliphatic heterocycles. The molecule has 0 aliphatic rings. The minimum absolute atomic E-state index is 0.0405. The van der Waals surface area contributed by atoms with E-state index in [1.165, 1.54) is 6.07 Å². The van der Waals surface area contributed by atoms with Crippen LogP contribution in [0.5, 0.6) is 0 Å². The summed E-state index contributed by atoms with van der Waals surface area (Å²) >= 11 is 0. The molecule has 0 bridgehead atoms. The largest absolute Gasteiger partial charge is 0.481 e. The molecule has 1 N–H and O–H groups in total. The average Bonchev–Trinajstić information content (AvgIpc) is 2.39. The van der Waals surface area contributed by atoms with Gasteiger partial charge in [0.2, 0.25) is 0 Å². The lowest BCUT2D eigenvalue weighted by molar-refractivity contribution is -0.137. The van der Waals surface area contributed by atoms with Crippen LogP contribution in [-0.2, 0) is 4.79 Å². The molecule has 0 radical (unpaired) electrons. The quantitative estimate of drug-likeness (QED) is 0.896. The molecule has 20 heavy (non-hydrogen) atoms. The fraction of sp³-hybridized carbons (Fsp3) is 0.235. The summed E-state index contributed by atoms with van der Waals surface area (Å²) in [6.07, 6.45) is 0.0405. The van der Waals surface area contributed by atoms with Crippen molar-refractivity contribution in [3.05, 3.63) is 59.4 Å². The van der Waals surface area contributed by atoms with Crippen molar-refractivity contribution in [3.63, 3.8) is 0 Å². The van der Waals surface area contributed by atoms with Gasteiger partial charge in [-0.25, -0.2) is 4.39 Å². The molecule has 0 fully saturated rings. The van der Waals surface area contributed by atoms with E-state index < -0.39 is 5.97 Å². The summed E-state index contributed by atoms with van der Waals surface area (Å²) in [5.74, 6) is -1.28. The van der Waals surface area contributed by atoms with Crippen LogP contribution in [-0.4, -0.2) is 11.1 Å². The molecular weight excluding hydrogens is 255 g/mol. The van der Waals surface area contributed by atoms with E-state index in [0.717, 1.165) is 16.7 Å². The molecule has 0 aromatic heterocycles. The number of rotatable bonds is 4. The van der Waals surface area contributed by atoms with Crippen molar-refractivity contribution in [2.75, 3.05) is 0 Å². The number of carbonyl (C=O) groups is 1. The molecule has 0 saturated heterocycles. The summed E-state index contributed by atoms with van der Waals surface area (Å²) in [7, 11) is 0. The van der Waals surface area contributed by atoms with Crippen molar-refractivity contribution in [3.8, 4) is 11.1 Å². The number of carboxylic acids is 1. The third kappa shape index (κ3) is 3.05. The molecule has 1 atom stereocenters. The van der Waals surface area contributed by atoms with Gasteiger partial charge in [0.25, 0.3) is 0 Å². The van der Waals surface area contributed by atoms with Gasteiger partial charge in [0.1, 0.15) is 5.82 Å². The first kappa shape index (κ1) is 14.3. The molecule has 1 unspecified atom stereocenters. The second kappa shape index (κ2) is 5.87. The smallest absolute Gasteiger partial charge is 0.303 e. The number of carboxylic acid groups (broad SMARTS) is 1. The highest BCUT2D eigenvalue weighted by molar-refractivity contribution is 5.70. The minimum atomic E-state index is -0.848. The van der Waals surface area contributed by atoms with Crippen LogP contribution >= 0.6 is 0 Å². The lowest BCUT2D eigenvalue weighted by Gasteiger charge is -2.13. The second-order valence-electron chi connectivity index (χ2n) is 5.05. The Bertz CT molecular complexity index is 635. The Morgan fingerprint density at radius 2 is 1.90 bits per heavy atom. The zero-order chi connectivity index (χ0) is 14.7. The van der Waals surface area contributed by atoms with E-state index in [4.69, 9.17) is 5.11 Å². The van der Waals surface area contributed by atoms with E-state index in [1.54, 1.807) is 12.1 Å². The Morgan fingerprint density at radius 3 is 2.55 bits per heavy atom. The number of aliphatic carboxylic acids is 1. The molecule has 2 aromatic carbocycles. The van der Waals surface area contributed by atoms with E-state index in [1.807, 2.05) is 38.1 Å². The van der Waals surface area contributed by atoms with Crippen LogP contribution in [0.2, 0.25) is 0 Å². The highest BCUT2D eigenvalue weighted by Crippen LogP contribution is 2.30. The van der Waals surface area contributed by atoms with Crippen molar-refractivity contribution < 1.29 is 14.3 Å². The monoisotopic (exact) mass is 272 g/mol. The van der Waals surface area contributed by atoms with Crippen LogP contribution in [0.4, 0.5) is 4.39 Å². The van der Waals surface area contributed by atoms with Crippen LogP contribution in [0.3, 0.4) is 0 Å². The van der Waals surface area contributed by atoms with Gasteiger partial charge >= 0.3 is 5.97 Å². The predicted molar refractivity (Wildman–Crippen MR) is 77.2 cm³/mol. The molecule has 0 aliphatic carbocycles. The third-order valence-corrected chi connectivity index (χ3v) is 3.48. The topological polar surface area (TPSA) is 37.3 Å². The van der Waals surface area contributed by atoms with Gasteiger partial charge in [-0.2, -0.15) is 0 Å². The molecule has 3 heteroatoms. The van der Waals surface area contributed by atoms with Crippen molar-refractivity contribution in [1.82, 2.24) is 0 Å². The maximum atomic E-state index is 14.0. The highest BCUT2D eigenvalue weighted by atomic mass is 19.1. The first-order valence-electron chi connectivity index (χ1n) is 6.56. The lowest BCUT2D eigenvalue weighted by atomic mass is 9.92. The van der Waals surface area contributed by atoms with E-state index in [9.17, 15) is 9.18 Å². The Kier molecular flexibility index (Phi) is 4.18. The number of halogens is 1. The van der Waals surface area contributed by atoms with Crippen molar-refractivity contribution in [2.45, 2.75) is 26.2 Å². The second-order valence-corrected chi connectivity index (χ2v) is 5.05. The SMILES string of the molecule is Cc1ccccc1-c1cc(C(C)CC(=O)O)ccc1F. The van der Waals surface area contributed by atoms with Gasteiger partial charge in [0.15, 0.2) is 0 Å².